The lowest BCUT2D eigenvalue weighted by molar-refractivity contribution is 0.102. The standard InChI is InChI=1S/C21H16ClN3O2/c1-12-5-7-15(13(2)10-12)21-25-17-11-14(6-8-18(17)27-21)24-20(26)16-4-3-9-23-19(16)22/h3-11H,1-2H3,(H,24,26). The quantitative estimate of drug-likeness (QED) is 0.484. The first-order valence-electron chi connectivity index (χ1n) is 8.41. The summed E-state index contributed by atoms with van der Waals surface area (Å²) in [5.41, 5.74) is 5.47. The smallest absolute Gasteiger partial charge is 0.258 e. The molecule has 0 fully saturated rings. The van der Waals surface area contributed by atoms with Gasteiger partial charge >= 0.3 is 0 Å². The molecule has 1 amide bonds. The average Bonchev–Trinajstić information content (AvgIpc) is 3.05. The van der Waals surface area contributed by atoms with Crippen molar-refractivity contribution in [1.82, 2.24) is 9.97 Å². The Morgan fingerprint density at radius 3 is 2.74 bits per heavy atom. The van der Waals surface area contributed by atoms with Gasteiger partial charge in [-0.25, -0.2) is 9.97 Å². The Hall–Kier alpha value is -3.18. The van der Waals surface area contributed by atoms with Gasteiger partial charge in [-0.05, 0) is 55.8 Å². The number of hydrogen-bond acceptors (Lipinski definition) is 4. The van der Waals surface area contributed by atoms with Gasteiger partial charge in [0.15, 0.2) is 5.58 Å². The van der Waals surface area contributed by atoms with Crippen LogP contribution in [0.1, 0.15) is 21.5 Å². The molecule has 0 saturated carbocycles. The summed E-state index contributed by atoms with van der Waals surface area (Å²) in [5.74, 6) is 0.229. The predicted molar refractivity (Wildman–Crippen MR) is 106 cm³/mol. The van der Waals surface area contributed by atoms with Gasteiger partial charge in [0, 0.05) is 17.4 Å². The number of nitrogens with one attached hydrogen (secondary N) is 1. The van der Waals surface area contributed by atoms with Crippen LogP contribution in [0.3, 0.4) is 0 Å². The lowest BCUT2D eigenvalue weighted by atomic mass is 10.1. The van der Waals surface area contributed by atoms with Crippen LogP contribution in [-0.4, -0.2) is 15.9 Å². The highest BCUT2D eigenvalue weighted by Gasteiger charge is 2.14. The Kier molecular flexibility index (Phi) is 4.38. The van der Waals surface area contributed by atoms with Crippen molar-refractivity contribution in [2.45, 2.75) is 13.8 Å². The number of anilines is 1. The number of carbonyl (C=O) groups is 1. The zero-order valence-corrected chi connectivity index (χ0v) is 15.5. The fourth-order valence-corrected chi connectivity index (χ4v) is 3.13. The van der Waals surface area contributed by atoms with Gasteiger partial charge in [-0.3, -0.25) is 4.79 Å². The number of nitrogens with zero attached hydrogens (tertiary/aromatic N) is 2. The van der Waals surface area contributed by atoms with E-state index < -0.39 is 0 Å². The van der Waals surface area contributed by atoms with Crippen molar-refractivity contribution in [1.29, 1.82) is 0 Å². The molecule has 0 aliphatic carbocycles. The van der Waals surface area contributed by atoms with Crippen LogP contribution in [0.4, 0.5) is 5.69 Å². The maximum absolute atomic E-state index is 12.4. The SMILES string of the molecule is Cc1ccc(-c2nc3cc(NC(=O)c4cccnc4Cl)ccc3o2)c(C)c1. The number of hydrogen-bond donors (Lipinski definition) is 1. The van der Waals surface area contributed by atoms with Crippen molar-refractivity contribution in [2.75, 3.05) is 5.32 Å². The third kappa shape index (κ3) is 3.41. The second-order valence-electron chi connectivity index (χ2n) is 6.32. The molecule has 2 heterocycles. The van der Waals surface area contributed by atoms with Crippen LogP contribution >= 0.6 is 11.6 Å². The number of pyridine rings is 1. The number of aromatic nitrogens is 2. The van der Waals surface area contributed by atoms with Gasteiger partial charge < -0.3 is 9.73 Å². The highest BCUT2D eigenvalue weighted by atomic mass is 35.5. The number of amides is 1. The van der Waals surface area contributed by atoms with E-state index in [4.69, 9.17) is 16.0 Å². The van der Waals surface area contributed by atoms with Crippen molar-refractivity contribution < 1.29 is 9.21 Å². The Morgan fingerprint density at radius 2 is 1.96 bits per heavy atom. The van der Waals surface area contributed by atoms with Crippen molar-refractivity contribution >= 4 is 34.3 Å². The third-order valence-corrected chi connectivity index (χ3v) is 4.56. The van der Waals surface area contributed by atoms with Crippen molar-refractivity contribution in [3.63, 3.8) is 0 Å². The van der Waals surface area contributed by atoms with Gasteiger partial charge in [-0.1, -0.05) is 29.3 Å². The van der Waals surface area contributed by atoms with Gasteiger partial charge in [0.1, 0.15) is 10.7 Å². The summed E-state index contributed by atoms with van der Waals surface area (Å²) < 4.78 is 5.88. The normalized spacial score (nSPS) is 10.9. The van der Waals surface area contributed by atoms with E-state index in [9.17, 15) is 4.79 Å². The minimum Gasteiger partial charge on any atom is -0.436 e. The second-order valence-corrected chi connectivity index (χ2v) is 6.67. The number of benzene rings is 2. The highest BCUT2D eigenvalue weighted by Crippen LogP contribution is 2.29. The molecule has 4 aromatic rings. The molecule has 0 saturated heterocycles. The van der Waals surface area contributed by atoms with Gasteiger partial charge in [-0.2, -0.15) is 0 Å². The summed E-state index contributed by atoms with van der Waals surface area (Å²) in [6.07, 6.45) is 1.54. The summed E-state index contributed by atoms with van der Waals surface area (Å²) in [5, 5.41) is 2.98. The van der Waals surface area contributed by atoms with Crippen LogP contribution in [-0.2, 0) is 0 Å². The Labute approximate surface area is 161 Å². The lowest BCUT2D eigenvalue weighted by Crippen LogP contribution is -2.12. The second kappa shape index (κ2) is 6.85. The number of oxazole rings is 1. The number of halogens is 1. The zero-order chi connectivity index (χ0) is 19.0. The van der Waals surface area contributed by atoms with Crippen LogP contribution in [0.15, 0.2) is 59.1 Å². The zero-order valence-electron chi connectivity index (χ0n) is 14.8. The van der Waals surface area contributed by atoms with Crippen molar-refractivity contribution in [2.24, 2.45) is 0 Å². The van der Waals surface area contributed by atoms with E-state index in [-0.39, 0.29) is 11.1 Å². The topological polar surface area (TPSA) is 68.0 Å². The Balaban J connectivity index is 1.65. The van der Waals surface area contributed by atoms with E-state index in [0.717, 1.165) is 11.1 Å². The van der Waals surface area contributed by atoms with E-state index in [1.54, 1.807) is 30.3 Å². The molecule has 0 spiro atoms. The van der Waals surface area contributed by atoms with Gasteiger partial charge in [0.25, 0.3) is 5.91 Å². The molecular formula is C21H16ClN3O2. The van der Waals surface area contributed by atoms with Crippen LogP contribution in [0.2, 0.25) is 5.15 Å². The Morgan fingerprint density at radius 1 is 1.11 bits per heavy atom. The third-order valence-electron chi connectivity index (χ3n) is 4.26. The van der Waals surface area contributed by atoms with Crippen LogP contribution in [0.25, 0.3) is 22.6 Å². The largest absolute Gasteiger partial charge is 0.436 e. The first-order chi connectivity index (χ1) is 13.0. The molecule has 0 aliphatic heterocycles. The molecule has 6 heteroatoms. The molecule has 4 rings (SSSR count). The summed E-state index contributed by atoms with van der Waals surface area (Å²) in [6.45, 7) is 4.08. The van der Waals surface area contributed by atoms with Crippen molar-refractivity contribution in [3.05, 3.63) is 76.6 Å². The lowest BCUT2D eigenvalue weighted by Gasteiger charge is -2.05. The monoisotopic (exact) mass is 377 g/mol. The van der Waals surface area contributed by atoms with E-state index in [1.807, 2.05) is 26.0 Å². The minimum atomic E-state index is -0.328. The molecule has 1 N–H and O–H groups in total. The summed E-state index contributed by atoms with van der Waals surface area (Å²) in [6, 6.07) is 14.7. The van der Waals surface area contributed by atoms with Crippen molar-refractivity contribution in [3.8, 4) is 11.5 Å². The maximum Gasteiger partial charge on any atom is 0.258 e. The highest BCUT2D eigenvalue weighted by molar-refractivity contribution is 6.33. The fraction of sp³-hybridized carbons (Fsp3) is 0.0952. The molecule has 134 valence electrons. The molecule has 5 nitrogen and oxygen atoms in total. The first-order valence-corrected chi connectivity index (χ1v) is 8.79. The number of rotatable bonds is 3. The van der Waals surface area contributed by atoms with Crippen LogP contribution < -0.4 is 5.32 Å². The summed E-state index contributed by atoms with van der Waals surface area (Å²) in [7, 11) is 0. The van der Waals surface area contributed by atoms with Crippen LogP contribution in [0.5, 0.6) is 0 Å². The van der Waals surface area contributed by atoms with E-state index in [2.05, 4.69) is 21.4 Å². The molecule has 0 bridgehead atoms. The summed E-state index contributed by atoms with van der Waals surface area (Å²) in [4.78, 5) is 20.9. The first kappa shape index (κ1) is 17.2. The Bertz CT molecular complexity index is 1170. The van der Waals surface area contributed by atoms with Crippen LogP contribution in [0, 0.1) is 13.8 Å². The molecule has 0 radical (unpaired) electrons. The number of fused-ring (bicyclic) bond motifs is 1. The molecule has 0 unspecified atom stereocenters. The van der Waals surface area contributed by atoms with E-state index >= 15 is 0 Å². The van der Waals surface area contributed by atoms with Gasteiger partial charge in [-0.15, -0.1) is 0 Å². The van der Waals surface area contributed by atoms with Gasteiger partial charge in [0.2, 0.25) is 5.89 Å². The molecular weight excluding hydrogens is 362 g/mol. The average molecular weight is 378 g/mol. The molecule has 2 aromatic carbocycles. The predicted octanol–water partition coefficient (Wildman–Crippen LogP) is 5.41. The molecule has 0 atom stereocenters. The number of carbonyl (C=O) groups excluding carboxylic acids is 1. The fourth-order valence-electron chi connectivity index (χ4n) is 2.93. The van der Waals surface area contributed by atoms with E-state index in [0.29, 0.717) is 28.2 Å². The molecule has 0 aliphatic rings. The molecule has 2 aromatic heterocycles. The number of aryl methyl sites for hydroxylation is 2. The van der Waals surface area contributed by atoms with E-state index in [1.165, 1.54) is 11.8 Å². The minimum absolute atomic E-state index is 0.162. The summed E-state index contributed by atoms with van der Waals surface area (Å²) >= 11 is 5.98. The molecule has 27 heavy (non-hydrogen) atoms. The van der Waals surface area contributed by atoms with Gasteiger partial charge in [0.05, 0.1) is 5.56 Å². The maximum atomic E-state index is 12.4.